The first-order valence-electron chi connectivity index (χ1n) is 6.98. The van der Waals surface area contributed by atoms with Gasteiger partial charge in [-0.15, -0.1) is 0 Å². The number of hydrogen-bond acceptors (Lipinski definition) is 3. The molecule has 1 unspecified atom stereocenters. The highest BCUT2D eigenvalue weighted by Crippen LogP contribution is 2.23. The van der Waals surface area contributed by atoms with E-state index in [0.717, 1.165) is 29.7 Å². The van der Waals surface area contributed by atoms with Crippen LogP contribution in [-0.2, 0) is 0 Å². The van der Waals surface area contributed by atoms with Crippen molar-refractivity contribution in [1.82, 2.24) is 4.98 Å². The van der Waals surface area contributed by atoms with Crippen LogP contribution in [0.2, 0.25) is 0 Å². The van der Waals surface area contributed by atoms with E-state index >= 15 is 0 Å². The van der Waals surface area contributed by atoms with Gasteiger partial charge in [0.25, 0.3) is 0 Å². The number of nitrogens with zero attached hydrogens (tertiary/aromatic N) is 2. The topological polar surface area (TPSA) is 66.0 Å². The molecule has 1 aromatic carbocycles. The molecule has 1 aromatic heterocycles. The van der Waals surface area contributed by atoms with Crippen LogP contribution < -0.4 is 10.6 Å². The largest absolute Gasteiger partial charge is 0.384 e. The molecule has 2 aromatic rings. The molecule has 3 N–H and O–H groups in total. The van der Waals surface area contributed by atoms with Gasteiger partial charge in [-0.05, 0) is 18.1 Å². The summed E-state index contributed by atoms with van der Waals surface area (Å²) in [6.07, 6.45) is 1.12. The fourth-order valence-electron chi connectivity index (χ4n) is 2.28. The molecular formula is C16H22N4. The number of para-hydroxylation sites is 1. The first kappa shape index (κ1) is 14.3. The minimum absolute atomic E-state index is 0.0641. The summed E-state index contributed by atoms with van der Waals surface area (Å²) in [5, 5.41) is 8.80. The van der Waals surface area contributed by atoms with Crippen molar-refractivity contribution >= 4 is 22.6 Å². The average Bonchev–Trinajstić information content (AvgIpc) is 2.45. The van der Waals surface area contributed by atoms with Crippen LogP contribution in [-0.4, -0.2) is 24.4 Å². The Bertz CT molecular complexity index is 621. The molecule has 0 fully saturated rings. The Morgan fingerprint density at radius 1 is 1.40 bits per heavy atom. The fraction of sp³-hybridized carbons (Fsp3) is 0.375. The fourth-order valence-corrected chi connectivity index (χ4v) is 2.28. The lowest BCUT2D eigenvalue weighted by Crippen LogP contribution is -2.27. The Labute approximate surface area is 120 Å². The van der Waals surface area contributed by atoms with E-state index in [-0.39, 0.29) is 5.84 Å². The van der Waals surface area contributed by atoms with Gasteiger partial charge in [0.2, 0.25) is 0 Å². The third kappa shape index (κ3) is 2.90. The lowest BCUT2D eigenvalue weighted by molar-refractivity contribution is 0.558. The standard InChI is InChI=1S/C16H22N4/c1-4-11(2)10-20(3)16-13(15(17)18)9-12-7-5-6-8-14(12)19-16/h5-9,11H,4,10H2,1-3H3,(H3,17,18). The summed E-state index contributed by atoms with van der Waals surface area (Å²) < 4.78 is 0. The minimum atomic E-state index is 0.0641. The van der Waals surface area contributed by atoms with Crippen LogP contribution in [0.15, 0.2) is 30.3 Å². The second-order valence-corrected chi connectivity index (χ2v) is 5.36. The minimum Gasteiger partial charge on any atom is -0.384 e. The third-order valence-electron chi connectivity index (χ3n) is 3.64. The number of anilines is 1. The first-order chi connectivity index (χ1) is 9.52. The molecule has 0 aliphatic carbocycles. The lowest BCUT2D eigenvalue weighted by Gasteiger charge is -2.24. The van der Waals surface area contributed by atoms with E-state index in [0.29, 0.717) is 11.5 Å². The Morgan fingerprint density at radius 3 is 2.75 bits per heavy atom. The zero-order valence-electron chi connectivity index (χ0n) is 12.4. The van der Waals surface area contributed by atoms with Crippen molar-refractivity contribution in [3.63, 3.8) is 0 Å². The van der Waals surface area contributed by atoms with Crippen molar-refractivity contribution < 1.29 is 0 Å². The van der Waals surface area contributed by atoms with Gasteiger partial charge in [-0.25, -0.2) is 4.98 Å². The molecule has 0 aliphatic heterocycles. The van der Waals surface area contributed by atoms with Gasteiger partial charge in [0.1, 0.15) is 11.7 Å². The quantitative estimate of drug-likeness (QED) is 0.648. The maximum atomic E-state index is 7.78. The second kappa shape index (κ2) is 5.90. The molecule has 0 aliphatic rings. The van der Waals surface area contributed by atoms with Gasteiger partial charge < -0.3 is 10.6 Å². The zero-order valence-corrected chi connectivity index (χ0v) is 12.4. The van der Waals surface area contributed by atoms with E-state index in [2.05, 4.69) is 23.7 Å². The molecule has 0 radical (unpaired) electrons. The van der Waals surface area contributed by atoms with Crippen LogP contribution in [0.3, 0.4) is 0 Å². The van der Waals surface area contributed by atoms with Gasteiger partial charge in [-0.1, -0.05) is 38.5 Å². The number of pyridine rings is 1. The first-order valence-corrected chi connectivity index (χ1v) is 6.98. The number of nitrogens with two attached hydrogens (primary N) is 1. The summed E-state index contributed by atoms with van der Waals surface area (Å²) >= 11 is 0. The van der Waals surface area contributed by atoms with E-state index in [1.165, 1.54) is 0 Å². The highest BCUT2D eigenvalue weighted by atomic mass is 15.2. The van der Waals surface area contributed by atoms with E-state index in [9.17, 15) is 0 Å². The Balaban J connectivity index is 2.49. The van der Waals surface area contributed by atoms with Crippen molar-refractivity contribution in [2.45, 2.75) is 20.3 Å². The number of nitrogen functional groups attached to an aromatic ring is 1. The van der Waals surface area contributed by atoms with E-state index in [1.807, 2.05) is 37.4 Å². The highest BCUT2D eigenvalue weighted by Gasteiger charge is 2.14. The molecule has 106 valence electrons. The van der Waals surface area contributed by atoms with Crippen molar-refractivity contribution in [3.05, 3.63) is 35.9 Å². The summed E-state index contributed by atoms with van der Waals surface area (Å²) in [4.78, 5) is 6.78. The van der Waals surface area contributed by atoms with Crippen LogP contribution in [0.25, 0.3) is 10.9 Å². The lowest BCUT2D eigenvalue weighted by atomic mass is 10.1. The number of hydrogen-bond donors (Lipinski definition) is 2. The Kier molecular flexibility index (Phi) is 4.23. The number of amidine groups is 1. The zero-order chi connectivity index (χ0) is 14.7. The number of rotatable bonds is 5. The molecule has 20 heavy (non-hydrogen) atoms. The molecule has 4 heteroatoms. The van der Waals surface area contributed by atoms with Crippen molar-refractivity contribution in [2.24, 2.45) is 11.7 Å². The number of fused-ring (bicyclic) bond motifs is 1. The van der Waals surface area contributed by atoms with Crippen LogP contribution in [0.1, 0.15) is 25.8 Å². The molecule has 0 amide bonds. The van der Waals surface area contributed by atoms with Crippen LogP contribution in [0, 0.1) is 11.3 Å². The normalized spacial score (nSPS) is 12.3. The van der Waals surface area contributed by atoms with Crippen molar-refractivity contribution in [3.8, 4) is 0 Å². The van der Waals surface area contributed by atoms with Gasteiger partial charge in [0.15, 0.2) is 0 Å². The predicted molar refractivity (Wildman–Crippen MR) is 85.5 cm³/mol. The molecule has 4 nitrogen and oxygen atoms in total. The number of nitrogens with one attached hydrogen (secondary N) is 1. The molecule has 0 saturated heterocycles. The summed E-state index contributed by atoms with van der Waals surface area (Å²) in [7, 11) is 2.01. The predicted octanol–water partition coefficient (Wildman–Crippen LogP) is 3.00. The average molecular weight is 270 g/mol. The van der Waals surface area contributed by atoms with Gasteiger partial charge >= 0.3 is 0 Å². The monoisotopic (exact) mass is 270 g/mol. The van der Waals surface area contributed by atoms with E-state index in [1.54, 1.807) is 0 Å². The Hall–Kier alpha value is -2.10. The van der Waals surface area contributed by atoms with E-state index in [4.69, 9.17) is 11.1 Å². The summed E-state index contributed by atoms with van der Waals surface area (Å²) in [6.45, 7) is 5.30. The number of aromatic nitrogens is 1. The van der Waals surface area contributed by atoms with Crippen molar-refractivity contribution in [2.75, 3.05) is 18.5 Å². The van der Waals surface area contributed by atoms with Crippen molar-refractivity contribution in [1.29, 1.82) is 5.41 Å². The maximum absolute atomic E-state index is 7.78. The third-order valence-corrected chi connectivity index (χ3v) is 3.64. The number of benzene rings is 1. The van der Waals surface area contributed by atoms with Crippen LogP contribution >= 0.6 is 0 Å². The van der Waals surface area contributed by atoms with Gasteiger partial charge in [-0.3, -0.25) is 5.41 Å². The van der Waals surface area contributed by atoms with E-state index < -0.39 is 0 Å². The van der Waals surface area contributed by atoms with Gasteiger partial charge in [0.05, 0.1) is 11.1 Å². The highest BCUT2D eigenvalue weighted by molar-refractivity contribution is 6.02. The summed E-state index contributed by atoms with van der Waals surface area (Å²) in [6, 6.07) is 9.87. The molecule has 0 saturated carbocycles. The summed E-state index contributed by atoms with van der Waals surface area (Å²) in [5.74, 6) is 1.43. The molecular weight excluding hydrogens is 248 g/mol. The maximum Gasteiger partial charge on any atom is 0.140 e. The van der Waals surface area contributed by atoms with Crippen LogP contribution in [0.5, 0.6) is 0 Å². The second-order valence-electron chi connectivity index (χ2n) is 5.36. The molecule has 0 spiro atoms. The molecule has 1 heterocycles. The molecule has 0 bridgehead atoms. The molecule has 1 atom stereocenters. The smallest absolute Gasteiger partial charge is 0.140 e. The SMILES string of the molecule is CCC(C)CN(C)c1nc2ccccc2cc1C(=N)N. The van der Waals surface area contributed by atoms with Gasteiger partial charge in [-0.2, -0.15) is 0 Å². The Morgan fingerprint density at radius 2 is 2.10 bits per heavy atom. The van der Waals surface area contributed by atoms with Gasteiger partial charge in [0, 0.05) is 19.0 Å². The molecule has 2 rings (SSSR count). The van der Waals surface area contributed by atoms with Crippen LogP contribution in [0.4, 0.5) is 5.82 Å². The summed E-state index contributed by atoms with van der Waals surface area (Å²) in [5.41, 5.74) is 7.36.